The molecule has 33 heavy (non-hydrogen) atoms. The van der Waals surface area contributed by atoms with Crippen molar-refractivity contribution in [3.8, 4) is 0 Å². The van der Waals surface area contributed by atoms with Crippen molar-refractivity contribution in [2.45, 2.75) is 44.8 Å². The maximum Gasteiger partial charge on any atom is 0.267 e. The van der Waals surface area contributed by atoms with E-state index in [0.29, 0.717) is 46.0 Å². The van der Waals surface area contributed by atoms with E-state index in [-0.39, 0.29) is 23.7 Å². The summed E-state index contributed by atoms with van der Waals surface area (Å²) in [5.74, 6) is 0.258. The van der Waals surface area contributed by atoms with E-state index in [2.05, 4.69) is 5.32 Å². The number of anilines is 1. The van der Waals surface area contributed by atoms with Crippen LogP contribution >= 0.6 is 24.0 Å². The van der Waals surface area contributed by atoms with Crippen LogP contribution in [-0.4, -0.2) is 63.0 Å². The van der Waals surface area contributed by atoms with E-state index in [1.54, 1.807) is 17.2 Å². The van der Waals surface area contributed by atoms with Crippen molar-refractivity contribution in [1.29, 1.82) is 0 Å². The molecule has 2 unspecified atom stereocenters. The Bertz CT molecular complexity index is 1180. The van der Waals surface area contributed by atoms with Gasteiger partial charge in [0.05, 0.1) is 29.2 Å². The summed E-state index contributed by atoms with van der Waals surface area (Å²) in [4.78, 5) is 33.3. The van der Waals surface area contributed by atoms with Gasteiger partial charge in [0.25, 0.3) is 11.5 Å². The monoisotopic (exact) mass is 486 g/mol. The van der Waals surface area contributed by atoms with Gasteiger partial charge < -0.3 is 14.8 Å². The summed E-state index contributed by atoms with van der Waals surface area (Å²) < 4.78 is 13.4. The molecular weight excluding hydrogens is 460 g/mol. The van der Waals surface area contributed by atoms with E-state index < -0.39 is 0 Å². The molecule has 2 aromatic heterocycles. The summed E-state index contributed by atoms with van der Waals surface area (Å²) in [6.07, 6.45) is 7.32. The molecule has 2 aromatic rings. The van der Waals surface area contributed by atoms with Gasteiger partial charge in [-0.15, -0.1) is 0 Å². The Balaban J connectivity index is 1.50. The lowest BCUT2D eigenvalue weighted by atomic mass is 10.2. The number of amides is 1. The highest BCUT2D eigenvalue weighted by Crippen LogP contribution is 2.34. The number of aryl methyl sites for hydroxylation is 1. The third-order valence-corrected chi connectivity index (χ3v) is 7.54. The Morgan fingerprint density at radius 1 is 1.24 bits per heavy atom. The van der Waals surface area contributed by atoms with Gasteiger partial charge in [-0.1, -0.05) is 30.0 Å². The Kier molecular flexibility index (Phi) is 6.51. The van der Waals surface area contributed by atoms with Crippen LogP contribution in [0.5, 0.6) is 0 Å². The largest absolute Gasteiger partial charge is 0.376 e. The maximum absolute atomic E-state index is 13.5. The lowest BCUT2D eigenvalue weighted by Crippen LogP contribution is -2.35. The van der Waals surface area contributed by atoms with E-state index in [9.17, 15) is 9.59 Å². The number of ether oxygens (including phenoxy) is 2. The van der Waals surface area contributed by atoms with Crippen LogP contribution < -0.4 is 10.9 Å². The molecule has 5 rings (SSSR count). The lowest BCUT2D eigenvalue weighted by molar-refractivity contribution is -0.123. The number of hydrogen-bond acceptors (Lipinski definition) is 8. The Labute approximate surface area is 201 Å². The van der Waals surface area contributed by atoms with Gasteiger partial charge in [0.2, 0.25) is 0 Å². The molecule has 3 aliphatic rings. The van der Waals surface area contributed by atoms with E-state index in [4.69, 9.17) is 26.7 Å². The van der Waals surface area contributed by atoms with Crippen LogP contribution in [0.2, 0.25) is 0 Å². The number of hydrogen-bond donors (Lipinski definition) is 1. The van der Waals surface area contributed by atoms with Crippen molar-refractivity contribution in [2.24, 2.45) is 0 Å². The maximum atomic E-state index is 13.5. The van der Waals surface area contributed by atoms with Gasteiger partial charge >= 0.3 is 0 Å². The van der Waals surface area contributed by atoms with Crippen molar-refractivity contribution in [3.63, 3.8) is 0 Å². The van der Waals surface area contributed by atoms with Gasteiger partial charge in [0, 0.05) is 26.0 Å². The quantitative estimate of drug-likeness (QED) is 0.493. The number of carbonyl (C=O) groups is 1. The minimum Gasteiger partial charge on any atom is -0.376 e. The van der Waals surface area contributed by atoms with Crippen molar-refractivity contribution in [2.75, 3.05) is 31.6 Å². The predicted octanol–water partition coefficient (Wildman–Crippen LogP) is 2.97. The zero-order chi connectivity index (χ0) is 22.9. The number of thioether (sulfide) groups is 1. The fourth-order valence-corrected chi connectivity index (χ4v) is 5.63. The molecule has 3 fully saturated rings. The highest BCUT2D eigenvalue weighted by atomic mass is 32.2. The van der Waals surface area contributed by atoms with Gasteiger partial charge in [-0.3, -0.25) is 18.9 Å². The first-order chi connectivity index (χ1) is 16.0. The molecular formula is C23H26N4O4S2. The van der Waals surface area contributed by atoms with Crippen LogP contribution in [0, 0.1) is 6.92 Å². The van der Waals surface area contributed by atoms with Gasteiger partial charge in [-0.05, 0) is 50.3 Å². The molecule has 0 aliphatic carbocycles. The fourth-order valence-electron chi connectivity index (χ4n) is 4.37. The highest BCUT2D eigenvalue weighted by Gasteiger charge is 2.35. The molecule has 2 atom stereocenters. The van der Waals surface area contributed by atoms with E-state index in [1.807, 2.05) is 19.1 Å². The van der Waals surface area contributed by atoms with Crippen molar-refractivity contribution in [3.05, 3.63) is 44.7 Å². The summed E-state index contributed by atoms with van der Waals surface area (Å²) in [7, 11) is 0. The fraction of sp³-hybridized carbons (Fsp3) is 0.478. The van der Waals surface area contributed by atoms with Crippen molar-refractivity contribution < 1.29 is 14.3 Å². The van der Waals surface area contributed by atoms with Crippen LogP contribution in [0.1, 0.15) is 36.8 Å². The van der Waals surface area contributed by atoms with E-state index in [1.165, 1.54) is 16.2 Å². The second kappa shape index (κ2) is 9.54. The van der Waals surface area contributed by atoms with Crippen LogP contribution in [0.4, 0.5) is 5.82 Å². The number of rotatable bonds is 6. The Morgan fingerprint density at radius 2 is 2.00 bits per heavy atom. The highest BCUT2D eigenvalue weighted by molar-refractivity contribution is 8.26. The van der Waals surface area contributed by atoms with Gasteiger partial charge in [-0.25, -0.2) is 4.98 Å². The molecule has 0 aromatic carbocycles. The number of pyridine rings is 1. The Morgan fingerprint density at radius 3 is 2.73 bits per heavy atom. The summed E-state index contributed by atoms with van der Waals surface area (Å²) >= 11 is 6.68. The lowest BCUT2D eigenvalue weighted by Gasteiger charge is -2.18. The van der Waals surface area contributed by atoms with Gasteiger partial charge in [-0.2, -0.15) is 0 Å². The minimum absolute atomic E-state index is 0.00595. The first-order valence-electron chi connectivity index (χ1n) is 11.3. The molecule has 0 radical (unpaired) electrons. The molecule has 8 nitrogen and oxygen atoms in total. The van der Waals surface area contributed by atoms with Crippen LogP contribution in [0.15, 0.2) is 28.0 Å². The third kappa shape index (κ3) is 4.57. The molecule has 174 valence electrons. The zero-order valence-corrected chi connectivity index (χ0v) is 20.0. The molecule has 0 spiro atoms. The summed E-state index contributed by atoms with van der Waals surface area (Å²) in [5, 5.41) is 3.30. The summed E-state index contributed by atoms with van der Waals surface area (Å²) in [6, 6.07) is 3.73. The first kappa shape index (κ1) is 22.5. The molecule has 3 saturated heterocycles. The minimum atomic E-state index is -0.233. The smallest absolute Gasteiger partial charge is 0.267 e. The van der Waals surface area contributed by atoms with Crippen molar-refractivity contribution >= 4 is 51.7 Å². The summed E-state index contributed by atoms with van der Waals surface area (Å²) in [6.45, 7) is 4.38. The predicted molar refractivity (Wildman–Crippen MR) is 133 cm³/mol. The second-order valence-corrected chi connectivity index (χ2v) is 10.2. The molecule has 0 saturated carbocycles. The SMILES string of the molecule is Cc1cccn2c(=O)c(C=C3SC(=S)N(CC4CCCO4)C3=O)c(NCC3CCCO3)nc12. The van der Waals surface area contributed by atoms with Gasteiger partial charge in [0.1, 0.15) is 15.8 Å². The Hall–Kier alpha value is -2.27. The molecule has 0 bridgehead atoms. The summed E-state index contributed by atoms with van der Waals surface area (Å²) in [5.41, 5.74) is 1.58. The van der Waals surface area contributed by atoms with Crippen LogP contribution in [0.3, 0.4) is 0 Å². The molecule has 1 amide bonds. The zero-order valence-electron chi connectivity index (χ0n) is 18.4. The number of fused-ring (bicyclic) bond motifs is 1. The first-order valence-corrected chi connectivity index (χ1v) is 12.5. The van der Waals surface area contributed by atoms with Gasteiger partial charge in [0.15, 0.2) is 0 Å². The molecule has 3 aliphatic heterocycles. The molecule has 5 heterocycles. The molecule has 10 heteroatoms. The topological polar surface area (TPSA) is 85.2 Å². The van der Waals surface area contributed by atoms with E-state index >= 15 is 0 Å². The van der Waals surface area contributed by atoms with Crippen molar-refractivity contribution in [1.82, 2.24) is 14.3 Å². The van der Waals surface area contributed by atoms with Crippen LogP contribution in [-0.2, 0) is 14.3 Å². The second-order valence-electron chi connectivity index (χ2n) is 8.51. The number of nitrogens with one attached hydrogen (secondary N) is 1. The average molecular weight is 487 g/mol. The number of carbonyl (C=O) groups excluding carboxylic acids is 1. The number of nitrogens with zero attached hydrogens (tertiary/aromatic N) is 3. The number of aromatic nitrogens is 2. The normalized spacial score (nSPS) is 24.5. The molecule has 1 N–H and O–H groups in total. The number of thiocarbonyl (C=S) groups is 1. The van der Waals surface area contributed by atoms with E-state index in [0.717, 1.165) is 37.9 Å². The average Bonchev–Trinajstić information content (AvgIpc) is 3.55. The third-order valence-electron chi connectivity index (χ3n) is 6.16. The standard InChI is InChI=1S/C23H26N4O4S2/c1-14-5-2-8-26-20(14)25-19(24-12-15-6-3-9-30-15)17(21(26)28)11-18-22(29)27(23(32)33-18)13-16-7-4-10-31-16/h2,5,8,11,15-16,24H,3-4,6-7,9-10,12-13H2,1H3. The van der Waals surface area contributed by atoms with Crippen LogP contribution in [0.25, 0.3) is 11.7 Å².